The molecule has 0 unspecified atom stereocenters. The second-order valence-electron chi connectivity index (χ2n) is 6.64. The van der Waals surface area contributed by atoms with Crippen molar-refractivity contribution in [3.63, 3.8) is 0 Å². The SMILES string of the molecule is C[C@@H]1CCCN(C(=O)CSCC(=O)N=c2sc3cc(Cl)ccc3n2C)C1. The minimum atomic E-state index is -0.219. The fraction of sp³-hybridized carbons (Fsp3) is 0.500. The lowest BCUT2D eigenvalue weighted by Crippen LogP contribution is -2.40. The molecule has 3 rings (SSSR count). The van der Waals surface area contributed by atoms with Gasteiger partial charge < -0.3 is 9.47 Å². The lowest BCUT2D eigenvalue weighted by atomic mass is 10.0. The van der Waals surface area contributed by atoms with Crippen molar-refractivity contribution in [3.8, 4) is 0 Å². The van der Waals surface area contributed by atoms with Crippen molar-refractivity contribution in [1.29, 1.82) is 0 Å². The first kappa shape index (κ1) is 19.5. The molecule has 0 bridgehead atoms. The van der Waals surface area contributed by atoms with Crippen LogP contribution in [0.3, 0.4) is 0 Å². The van der Waals surface area contributed by atoms with Crippen molar-refractivity contribution in [2.75, 3.05) is 24.6 Å². The molecule has 1 aromatic carbocycles. The van der Waals surface area contributed by atoms with E-state index >= 15 is 0 Å². The summed E-state index contributed by atoms with van der Waals surface area (Å²) in [6.07, 6.45) is 2.25. The van der Waals surface area contributed by atoms with E-state index in [1.165, 1.54) is 29.5 Å². The summed E-state index contributed by atoms with van der Waals surface area (Å²) < 4.78 is 2.88. The third-order valence-corrected chi connectivity index (χ3v) is 6.68. The fourth-order valence-corrected chi connectivity index (χ4v) is 5.10. The van der Waals surface area contributed by atoms with Gasteiger partial charge in [0.05, 0.1) is 21.7 Å². The van der Waals surface area contributed by atoms with Gasteiger partial charge in [0, 0.05) is 25.2 Å². The second kappa shape index (κ2) is 8.59. The maximum Gasteiger partial charge on any atom is 0.258 e. The van der Waals surface area contributed by atoms with E-state index in [1.807, 2.05) is 34.7 Å². The summed E-state index contributed by atoms with van der Waals surface area (Å²) in [5.74, 6) is 1.02. The van der Waals surface area contributed by atoms with Crippen LogP contribution in [-0.2, 0) is 16.6 Å². The van der Waals surface area contributed by atoms with Gasteiger partial charge in [-0.3, -0.25) is 9.59 Å². The van der Waals surface area contributed by atoms with Crippen LogP contribution in [0.2, 0.25) is 5.02 Å². The van der Waals surface area contributed by atoms with Gasteiger partial charge in [-0.15, -0.1) is 11.8 Å². The molecule has 26 heavy (non-hydrogen) atoms. The number of likely N-dealkylation sites (tertiary alicyclic amines) is 1. The van der Waals surface area contributed by atoms with Crippen LogP contribution in [0.4, 0.5) is 0 Å². The fourth-order valence-electron chi connectivity index (χ4n) is 3.09. The Labute approximate surface area is 166 Å². The van der Waals surface area contributed by atoms with Crippen LogP contribution >= 0.6 is 34.7 Å². The Morgan fingerprint density at radius 2 is 2.19 bits per heavy atom. The molecule has 2 aromatic rings. The smallest absolute Gasteiger partial charge is 0.258 e. The van der Waals surface area contributed by atoms with Crippen molar-refractivity contribution in [3.05, 3.63) is 28.0 Å². The molecule has 2 heterocycles. The number of thioether (sulfide) groups is 1. The van der Waals surface area contributed by atoms with Crippen LogP contribution in [0.25, 0.3) is 10.2 Å². The van der Waals surface area contributed by atoms with Gasteiger partial charge in [0.15, 0.2) is 4.80 Å². The number of nitrogens with zero attached hydrogens (tertiary/aromatic N) is 3. The van der Waals surface area contributed by atoms with Gasteiger partial charge in [-0.2, -0.15) is 4.99 Å². The highest BCUT2D eigenvalue weighted by Gasteiger charge is 2.20. The number of rotatable bonds is 4. The summed E-state index contributed by atoms with van der Waals surface area (Å²) in [5, 5.41) is 0.665. The van der Waals surface area contributed by atoms with Crippen molar-refractivity contribution >= 4 is 56.7 Å². The summed E-state index contributed by atoms with van der Waals surface area (Å²) in [6.45, 7) is 3.84. The van der Waals surface area contributed by atoms with Gasteiger partial charge in [0.25, 0.3) is 5.91 Å². The van der Waals surface area contributed by atoms with E-state index in [9.17, 15) is 9.59 Å². The molecule has 0 saturated carbocycles. The molecule has 140 valence electrons. The van der Waals surface area contributed by atoms with E-state index in [0.29, 0.717) is 21.5 Å². The van der Waals surface area contributed by atoms with E-state index in [0.717, 1.165) is 29.7 Å². The quantitative estimate of drug-likeness (QED) is 0.775. The monoisotopic (exact) mass is 411 g/mol. The predicted molar refractivity (Wildman–Crippen MR) is 109 cm³/mol. The lowest BCUT2D eigenvalue weighted by molar-refractivity contribution is -0.130. The second-order valence-corrected chi connectivity index (χ2v) is 9.07. The number of fused-ring (bicyclic) bond motifs is 1. The Kier molecular flexibility index (Phi) is 6.42. The molecular formula is C18H22ClN3O2S2. The maximum atomic E-state index is 12.2. The zero-order valence-electron chi connectivity index (χ0n) is 14.9. The molecule has 2 amide bonds. The average molecular weight is 412 g/mol. The van der Waals surface area contributed by atoms with E-state index in [4.69, 9.17) is 11.6 Å². The number of carbonyl (C=O) groups is 2. The molecule has 0 N–H and O–H groups in total. The summed E-state index contributed by atoms with van der Waals surface area (Å²) >= 11 is 8.79. The minimum Gasteiger partial charge on any atom is -0.342 e. The molecular weight excluding hydrogens is 390 g/mol. The minimum absolute atomic E-state index is 0.122. The van der Waals surface area contributed by atoms with Crippen LogP contribution < -0.4 is 4.80 Å². The number of halogens is 1. The van der Waals surface area contributed by atoms with Gasteiger partial charge in [0.1, 0.15) is 0 Å². The van der Waals surface area contributed by atoms with E-state index in [1.54, 1.807) is 0 Å². The van der Waals surface area contributed by atoms with E-state index in [-0.39, 0.29) is 17.6 Å². The number of hydrogen-bond acceptors (Lipinski definition) is 4. The first-order chi connectivity index (χ1) is 12.4. The molecule has 8 heteroatoms. The number of hydrogen-bond donors (Lipinski definition) is 0. The standard InChI is InChI=1S/C18H22ClN3O2S2/c1-12-4-3-7-22(9-12)17(24)11-25-10-16(23)20-18-21(2)14-6-5-13(19)8-15(14)26-18/h5-6,8,12H,3-4,7,9-11H2,1-2H3/t12-/m1/s1. The molecule has 0 spiro atoms. The molecule has 1 saturated heterocycles. The van der Waals surface area contributed by atoms with Gasteiger partial charge in [-0.05, 0) is 37.0 Å². The highest BCUT2D eigenvalue weighted by molar-refractivity contribution is 8.00. The van der Waals surface area contributed by atoms with Gasteiger partial charge in [-0.1, -0.05) is 29.9 Å². The van der Waals surface area contributed by atoms with Gasteiger partial charge in [0.2, 0.25) is 5.91 Å². The number of aromatic nitrogens is 1. The highest BCUT2D eigenvalue weighted by atomic mass is 35.5. The Morgan fingerprint density at radius 3 is 2.96 bits per heavy atom. The van der Waals surface area contributed by atoms with Crippen LogP contribution in [0.5, 0.6) is 0 Å². The van der Waals surface area contributed by atoms with Crippen molar-refractivity contribution < 1.29 is 9.59 Å². The number of benzene rings is 1. The van der Waals surface area contributed by atoms with Gasteiger partial charge in [-0.25, -0.2) is 0 Å². The normalized spacial score (nSPS) is 18.5. The number of carbonyl (C=O) groups excluding carboxylic acids is 2. The lowest BCUT2D eigenvalue weighted by Gasteiger charge is -2.30. The zero-order valence-corrected chi connectivity index (χ0v) is 17.3. The highest BCUT2D eigenvalue weighted by Crippen LogP contribution is 2.21. The summed E-state index contributed by atoms with van der Waals surface area (Å²) in [4.78, 5) is 31.2. The van der Waals surface area contributed by atoms with Gasteiger partial charge >= 0.3 is 0 Å². The first-order valence-corrected chi connectivity index (χ1v) is 11.0. The topological polar surface area (TPSA) is 54.7 Å². The molecule has 0 aliphatic carbocycles. The Bertz CT molecular complexity index is 890. The summed E-state index contributed by atoms with van der Waals surface area (Å²) in [7, 11) is 1.88. The first-order valence-electron chi connectivity index (χ1n) is 8.62. The summed E-state index contributed by atoms with van der Waals surface area (Å²) in [6, 6.07) is 5.62. The Balaban J connectivity index is 1.58. The van der Waals surface area contributed by atoms with Crippen LogP contribution in [-0.4, -0.2) is 45.9 Å². The predicted octanol–water partition coefficient (Wildman–Crippen LogP) is 3.31. The zero-order chi connectivity index (χ0) is 18.7. The molecule has 1 aromatic heterocycles. The molecule has 1 fully saturated rings. The third kappa shape index (κ3) is 4.69. The average Bonchev–Trinajstić information content (AvgIpc) is 2.89. The molecule has 5 nitrogen and oxygen atoms in total. The van der Waals surface area contributed by atoms with Crippen molar-refractivity contribution in [2.24, 2.45) is 18.0 Å². The number of piperidine rings is 1. The summed E-state index contributed by atoms with van der Waals surface area (Å²) in [5.41, 5.74) is 0.994. The number of aryl methyl sites for hydroxylation is 1. The van der Waals surface area contributed by atoms with E-state index < -0.39 is 0 Å². The largest absolute Gasteiger partial charge is 0.342 e. The molecule has 1 atom stereocenters. The van der Waals surface area contributed by atoms with Crippen molar-refractivity contribution in [1.82, 2.24) is 9.47 Å². The van der Waals surface area contributed by atoms with Crippen molar-refractivity contribution in [2.45, 2.75) is 19.8 Å². The molecule has 0 radical (unpaired) electrons. The maximum absolute atomic E-state index is 12.2. The Hall–Kier alpha value is -1.31. The molecule has 1 aliphatic heterocycles. The third-order valence-electron chi connectivity index (χ3n) is 4.45. The van der Waals surface area contributed by atoms with Crippen LogP contribution in [0.1, 0.15) is 19.8 Å². The van der Waals surface area contributed by atoms with E-state index in [2.05, 4.69) is 11.9 Å². The Morgan fingerprint density at radius 1 is 1.38 bits per heavy atom. The van der Waals surface area contributed by atoms with Crippen LogP contribution in [0, 0.1) is 5.92 Å². The number of amides is 2. The van der Waals surface area contributed by atoms with Crippen LogP contribution in [0.15, 0.2) is 23.2 Å². The molecule has 1 aliphatic rings. The number of thiazole rings is 1.